The molecule has 16 rings (SSSR count). The third-order valence-electron chi connectivity index (χ3n) is 17.5. The lowest BCUT2D eigenvalue weighted by molar-refractivity contribution is 0.660. The van der Waals surface area contributed by atoms with Gasteiger partial charge in [0.05, 0.1) is 22.1 Å². The zero-order chi connectivity index (χ0) is 52.4. The zero-order valence-electron chi connectivity index (χ0n) is 43.9. The van der Waals surface area contributed by atoms with Crippen molar-refractivity contribution in [2.24, 2.45) is 0 Å². The van der Waals surface area contributed by atoms with E-state index in [0.717, 1.165) is 50.3 Å². The second-order valence-corrected chi connectivity index (χ2v) is 21.9. The topological polar surface area (TPSA) is 21.3 Å². The van der Waals surface area contributed by atoms with Crippen LogP contribution in [0.25, 0.3) is 93.9 Å². The number of aromatic nitrogens is 1. The Morgan fingerprint density at radius 2 is 0.962 bits per heavy atom. The lowest BCUT2D eigenvalue weighted by atomic mass is 9.67. The Morgan fingerprint density at radius 1 is 0.354 bits per heavy atom. The van der Waals surface area contributed by atoms with Crippen LogP contribution in [0.2, 0.25) is 0 Å². The Labute approximate surface area is 459 Å². The summed E-state index contributed by atoms with van der Waals surface area (Å²) in [7, 11) is 0. The summed E-state index contributed by atoms with van der Waals surface area (Å²) in [6.45, 7) is 4.74. The molecule has 0 radical (unpaired) electrons. The van der Waals surface area contributed by atoms with Gasteiger partial charge in [-0.1, -0.05) is 220 Å². The average Bonchev–Trinajstić information content (AvgIpc) is 4.40. The molecule has 0 spiro atoms. The third kappa shape index (κ3) is 6.54. The van der Waals surface area contributed by atoms with E-state index < -0.39 is 5.41 Å². The molecule has 3 nitrogen and oxygen atoms in total. The van der Waals surface area contributed by atoms with Gasteiger partial charge in [0.1, 0.15) is 11.2 Å². The maximum atomic E-state index is 6.50. The SMILES string of the molecule is CC1(C)c2ccccc2-c2c(-c3ccccc3N(c3cccc(-c4cccc5c4c4ccccc4n5-c4ccccc4)c3)c3ccc4c(c3)C(c3ccccc3)(c3ccc5oc6ccccc6c5c3)c3ccccc3-4)cccc21. The minimum Gasteiger partial charge on any atom is -0.456 e. The van der Waals surface area contributed by atoms with Crippen molar-refractivity contribution in [2.75, 3.05) is 4.90 Å². The Kier molecular flexibility index (Phi) is 9.90. The Balaban J connectivity index is 0.969. The van der Waals surface area contributed by atoms with Crippen LogP contribution in [0.15, 0.2) is 283 Å². The summed E-state index contributed by atoms with van der Waals surface area (Å²) in [5, 5.41) is 4.68. The van der Waals surface area contributed by atoms with Gasteiger partial charge in [-0.25, -0.2) is 0 Å². The number of nitrogens with zero attached hydrogens (tertiary/aromatic N) is 2. The fraction of sp³-hybridized carbons (Fsp3) is 0.0526. The van der Waals surface area contributed by atoms with E-state index in [4.69, 9.17) is 4.42 Å². The van der Waals surface area contributed by atoms with E-state index in [1.165, 1.54) is 94.1 Å². The van der Waals surface area contributed by atoms with Gasteiger partial charge < -0.3 is 13.9 Å². The first-order valence-electron chi connectivity index (χ1n) is 27.5. The number of benzene rings is 12. The van der Waals surface area contributed by atoms with Crippen molar-refractivity contribution in [3.63, 3.8) is 0 Å². The molecule has 14 aromatic rings. The minimum absolute atomic E-state index is 0.156. The molecule has 79 heavy (non-hydrogen) atoms. The summed E-state index contributed by atoms with van der Waals surface area (Å²) in [6, 6.07) is 103. The average molecular weight is 1010 g/mol. The number of anilines is 3. The summed E-state index contributed by atoms with van der Waals surface area (Å²) >= 11 is 0. The van der Waals surface area contributed by atoms with Crippen LogP contribution < -0.4 is 4.90 Å². The van der Waals surface area contributed by atoms with Gasteiger partial charge in [-0.3, -0.25) is 0 Å². The van der Waals surface area contributed by atoms with Gasteiger partial charge in [-0.15, -0.1) is 0 Å². The summed E-state index contributed by atoms with van der Waals surface area (Å²) in [5.41, 5.74) is 25.1. The molecule has 12 aromatic carbocycles. The van der Waals surface area contributed by atoms with Gasteiger partial charge in [0, 0.05) is 49.6 Å². The van der Waals surface area contributed by atoms with Crippen LogP contribution in [0.4, 0.5) is 17.1 Å². The van der Waals surface area contributed by atoms with Gasteiger partial charge in [-0.05, 0) is 145 Å². The first kappa shape index (κ1) is 45.3. The van der Waals surface area contributed by atoms with Crippen LogP contribution in [0.1, 0.15) is 47.2 Å². The monoisotopic (exact) mass is 1010 g/mol. The molecule has 2 aromatic heterocycles. The molecule has 1 atom stereocenters. The van der Waals surface area contributed by atoms with E-state index in [1.807, 2.05) is 0 Å². The molecule has 0 N–H and O–H groups in total. The van der Waals surface area contributed by atoms with Gasteiger partial charge in [-0.2, -0.15) is 0 Å². The van der Waals surface area contributed by atoms with Crippen molar-refractivity contribution in [3.8, 4) is 50.2 Å². The van der Waals surface area contributed by atoms with Crippen LogP contribution in [-0.4, -0.2) is 4.57 Å². The predicted octanol–water partition coefficient (Wildman–Crippen LogP) is 20.2. The van der Waals surface area contributed by atoms with Crippen LogP contribution in [-0.2, 0) is 10.8 Å². The number of hydrogen-bond donors (Lipinski definition) is 0. The van der Waals surface area contributed by atoms with Crippen LogP contribution in [0.3, 0.4) is 0 Å². The van der Waals surface area contributed by atoms with Gasteiger partial charge in [0.15, 0.2) is 0 Å². The molecule has 0 saturated heterocycles. The lowest BCUT2D eigenvalue weighted by Gasteiger charge is -2.35. The molecular formula is C76H52N2O. The largest absolute Gasteiger partial charge is 0.456 e. The molecule has 2 heterocycles. The fourth-order valence-corrected chi connectivity index (χ4v) is 14.1. The molecule has 0 aliphatic heterocycles. The molecule has 2 aliphatic rings. The Morgan fingerprint density at radius 3 is 1.82 bits per heavy atom. The zero-order valence-corrected chi connectivity index (χ0v) is 43.9. The predicted molar refractivity (Wildman–Crippen MR) is 328 cm³/mol. The van der Waals surface area contributed by atoms with Crippen molar-refractivity contribution < 1.29 is 4.42 Å². The maximum absolute atomic E-state index is 6.50. The van der Waals surface area contributed by atoms with E-state index in [2.05, 4.69) is 302 Å². The number of fused-ring (bicyclic) bond motifs is 12. The molecule has 0 saturated carbocycles. The Bertz CT molecular complexity index is 4770. The highest BCUT2D eigenvalue weighted by atomic mass is 16.3. The number of rotatable bonds is 8. The van der Waals surface area contributed by atoms with Crippen LogP contribution >= 0.6 is 0 Å². The summed E-state index contributed by atoms with van der Waals surface area (Å²) in [4.78, 5) is 2.53. The Hall–Kier alpha value is -9.96. The highest BCUT2D eigenvalue weighted by Gasteiger charge is 2.47. The highest BCUT2D eigenvalue weighted by molar-refractivity contribution is 6.16. The fourth-order valence-electron chi connectivity index (χ4n) is 14.1. The first-order chi connectivity index (χ1) is 39.0. The molecule has 3 heteroatoms. The van der Waals surface area contributed by atoms with E-state index >= 15 is 0 Å². The number of hydrogen-bond acceptors (Lipinski definition) is 2. The van der Waals surface area contributed by atoms with E-state index in [9.17, 15) is 0 Å². The van der Waals surface area contributed by atoms with Crippen molar-refractivity contribution >= 4 is 60.8 Å². The summed E-state index contributed by atoms with van der Waals surface area (Å²) in [5.74, 6) is 0. The summed E-state index contributed by atoms with van der Waals surface area (Å²) < 4.78 is 8.91. The molecule has 0 fully saturated rings. The smallest absolute Gasteiger partial charge is 0.135 e. The standard InChI is InChI=1S/C76H52N2O/c1-75(2)64-35-14-10-31-61(64)73-60(34-20-37-66(73)75)58-29-11-16-38-68(58)77(53-27-19-22-49(46-53)55-33-21-40-70-74(55)62-32-12-17-39-69(62)78(70)52-25-7-4-8-26-52)54-43-44-57-56-28-9-15-36-65(56)76(67(57)48-54,50-23-5-3-6-24-50)51-42-45-72-63(47-51)59-30-13-18-41-71(59)79-72/h3-48H,1-2H3. The van der Waals surface area contributed by atoms with Crippen molar-refractivity contribution in [1.82, 2.24) is 4.57 Å². The quantitative estimate of drug-likeness (QED) is 0.151. The molecule has 1 unspecified atom stereocenters. The molecule has 372 valence electrons. The van der Waals surface area contributed by atoms with Gasteiger partial charge in [0.2, 0.25) is 0 Å². The van der Waals surface area contributed by atoms with Crippen LogP contribution in [0, 0.1) is 0 Å². The summed E-state index contributed by atoms with van der Waals surface area (Å²) in [6.07, 6.45) is 0. The highest BCUT2D eigenvalue weighted by Crippen LogP contribution is 2.59. The first-order valence-corrected chi connectivity index (χ1v) is 27.5. The lowest BCUT2D eigenvalue weighted by Crippen LogP contribution is -2.28. The minimum atomic E-state index is -0.680. The molecule has 0 amide bonds. The normalized spacial score (nSPS) is 14.9. The van der Waals surface area contributed by atoms with Crippen molar-refractivity contribution in [1.29, 1.82) is 0 Å². The van der Waals surface area contributed by atoms with E-state index in [0.29, 0.717) is 0 Å². The van der Waals surface area contributed by atoms with Crippen molar-refractivity contribution in [3.05, 3.63) is 312 Å². The van der Waals surface area contributed by atoms with Gasteiger partial charge >= 0.3 is 0 Å². The van der Waals surface area contributed by atoms with Crippen LogP contribution in [0.5, 0.6) is 0 Å². The van der Waals surface area contributed by atoms with E-state index in [-0.39, 0.29) is 5.41 Å². The number of furan rings is 1. The maximum Gasteiger partial charge on any atom is 0.135 e. The van der Waals surface area contributed by atoms with Gasteiger partial charge in [0.25, 0.3) is 0 Å². The molecular weight excluding hydrogens is 957 g/mol. The second kappa shape index (κ2) is 17.3. The molecule has 0 bridgehead atoms. The van der Waals surface area contributed by atoms with E-state index in [1.54, 1.807) is 0 Å². The third-order valence-corrected chi connectivity index (χ3v) is 17.5. The molecule has 2 aliphatic carbocycles. The number of para-hydroxylation sites is 4. The second-order valence-electron chi connectivity index (χ2n) is 21.9. The van der Waals surface area contributed by atoms with Crippen molar-refractivity contribution in [2.45, 2.75) is 24.7 Å².